The highest BCUT2D eigenvalue weighted by Crippen LogP contribution is 2.16. The van der Waals surface area contributed by atoms with Crippen molar-refractivity contribution < 1.29 is 5.11 Å². The Balaban J connectivity index is 2.15. The molecule has 0 saturated heterocycles. The van der Waals surface area contributed by atoms with E-state index >= 15 is 0 Å². The van der Waals surface area contributed by atoms with E-state index in [0.717, 1.165) is 11.2 Å². The van der Waals surface area contributed by atoms with Gasteiger partial charge in [0.1, 0.15) is 0 Å². The maximum Gasteiger partial charge on any atom is 0.243 e. The molecular weight excluding hydrogens is 228 g/mol. The van der Waals surface area contributed by atoms with E-state index in [1.54, 1.807) is 4.52 Å². The molecule has 0 aliphatic carbocycles. The number of aromatic nitrogens is 3. The van der Waals surface area contributed by atoms with Crippen molar-refractivity contribution in [1.82, 2.24) is 14.6 Å². The molecule has 0 fully saturated rings. The van der Waals surface area contributed by atoms with Crippen molar-refractivity contribution in [1.29, 1.82) is 0 Å². The van der Waals surface area contributed by atoms with Crippen LogP contribution in [0.3, 0.4) is 0 Å². The summed E-state index contributed by atoms with van der Waals surface area (Å²) in [5, 5.41) is 17.6. The Morgan fingerprint density at radius 2 is 2.11 bits per heavy atom. The van der Waals surface area contributed by atoms with Crippen LogP contribution in [0, 0.1) is 6.92 Å². The van der Waals surface area contributed by atoms with Gasteiger partial charge in [0.25, 0.3) is 0 Å². The molecule has 2 heterocycles. The van der Waals surface area contributed by atoms with Crippen LogP contribution in [-0.4, -0.2) is 31.9 Å². The number of fused-ring (bicyclic) bond motifs is 1. The molecule has 5 heteroatoms. The summed E-state index contributed by atoms with van der Waals surface area (Å²) < 4.78 is 1.74. The van der Waals surface area contributed by atoms with Gasteiger partial charge in [0.2, 0.25) is 5.95 Å². The van der Waals surface area contributed by atoms with Crippen molar-refractivity contribution in [3.8, 4) is 0 Å². The molecule has 98 valence electrons. The first-order chi connectivity index (χ1) is 8.58. The minimum atomic E-state index is -0.688. The minimum Gasteiger partial charge on any atom is -0.388 e. The first-order valence-electron chi connectivity index (χ1n) is 6.36. The van der Waals surface area contributed by atoms with E-state index in [1.807, 2.05) is 39.1 Å². The number of aryl methyl sites for hydroxylation is 1. The van der Waals surface area contributed by atoms with Gasteiger partial charge in [0, 0.05) is 12.7 Å². The zero-order valence-corrected chi connectivity index (χ0v) is 11.1. The number of anilines is 1. The van der Waals surface area contributed by atoms with Crippen LogP contribution in [0.1, 0.15) is 32.3 Å². The molecule has 0 atom stereocenters. The summed E-state index contributed by atoms with van der Waals surface area (Å²) in [4.78, 5) is 4.41. The molecule has 0 bridgehead atoms. The summed E-state index contributed by atoms with van der Waals surface area (Å²) in [7, 11) is 0. The predicted molar refractivity (Wildman–Crippen MR) is 71.7 cm³/mol. The van der Waals surface area contributed by atoms with Gasteiger partial charge in [-0.05, 0) is 31.4 Å². The summed E-state index contributed by atoms with van der Waals surface area (Å²) in [6.45, 7) is 6.43. The van der Waals surface area contributed by atoms with Gasteiger partial charge in [-0.15, -0.1) is 5.10 Å². The highest BCUT2D eigenvalue weighted by molar-refractivity contribution is 5.49. The molecule has 2 N–H and O–H groups in total. The molecule has 0 unspecified atom stereocenters. The number of nitrogens with zero attached hydrogens (tertiary/aromatic N) is 3. The summed E-state index contributed by atoms with van der Waals surface area (Å²) >= 11 is 0. The lowest BCUT2D eigenvalue weighted by atomic mass is 9.98. The Morgan fingerprint density at radius 3 is 2.72 bits per heavy atom. The highest BCUT2D eigenvalue weighted by Gasteiger charge is 2.22. The maximum atomic E-state index is 10.2. The number of hydrogen-bond donors (Lipinski definition) is 2. The fourth-order valence-corrected chi connectivity index (χ4v) is 1.86. The van der Waals surface area contributed by atoms with E-state index in [4.69, 9.17) is 0 Å². The number of rotatable bonds is 5. The second kappa shape index (κ2) is 4.94. The molecule has 0 radical (unpaired) electrons. The van der Waals surface area contributed by atoms with Crippen LogP contribution in [0.2, 0.25) is 0 Å². The SMILES string of the molecule is CCC(O)(CC)CNc1nc2c(C)cccn2n1. The van der Waals surface area contributed by atoms with Crippen LogP contribution in [0.4, 0.5) is 5.95 Å². The zero-order chi connectivity index (χ0) is 13.2. The van der Waals surface area contributed by atoms with Gasteiger partial charge >= 0.3 is 0 Å². The van der Waals surface area contributed by atoms with E-state index in [0.29, 0.717) is 25.3 Å². The second-order valence-corrected chi connectivity index (χ2v) is 4.68. The Hall–Kier alpha value is -1.62. The highest BCUT2D eigenvalue weighted by atomic mass is 16.3. The van der Waals surface area contributed by atoms with Crippen molar-refractivity contribution in [3.05, 3.63) is 23.9 Å². The summed E-state index contributed by atoms with van der Waals surface area (Å²) in [5.74, 6) is 0.560. The minimum absolute atomic E-state index is 0.468. The van der Waals surface area contributed by atoms with Gasteiger partial charge in [-0.25, -0.2) is 4.52 Å². The lowest BCUT2D eigenvalue weighted by Gasteiger charge is -2.24. The van der Waals surface area contributed by atoms with Crippen LogP contribution in [0.5, 0.6) is 0 Å². The molecular formula is C13H20N4O. The van der Waals surface area contributed by atoms with E-state index in [2.05, 4.69) is 15.4 Å². The Kier molecular flexibility index (Phi) is 3.52. The summed E-state index contributed by atoms with van der Waals surface area (Å²) in [6.07, 6.45) is 3.29. The van der Waals surface area contributed by atoms with E-state index < -0.39 is 5.60 Å². The fourth-order valence-electron chi connectivity index (χ4n) is 1.86. The largest absolute Gasteiger partial charge is 0.388 e. The number of pyridine rings is 1. The van der Waals surface area contributed by atoms with Crippen LogP contribution in [0.25, 0.3) is 5.65 Å². The summed E-state index contributed by atoms with van der Waals surface area (Å²) in [6, 6.07) is 3.94. The molecule has 18 heavy (non-hydrogen) atoms. The Morgan fingerprint density at radius 1 is 1.39 bits per heavy atom. The quantitative estimate of drug-likeness (QED) is 0.849. The van der Waals surface area contributed by atoms with E-state index in [1.165, 1.54) is 0 Å². The lowest BCUT2D eigenvalue weighted by Crippen LogP contribution is -2.35. The smallest absolute Gasteiger partial charge is 0.243 e. The second-order valence-electron chi connectivity index (χ2n) is 4.68. The van der Waals surface area contributed by atoms with Gasteiger partial charge in [0.05, 0.1) is 5.60 Å². The summed E-state index contributed by atoms with van der Waals surface area (Å²) in [5.41, 5.74) is 1.24. The molecule has 2 rings (SSSR count). The molecule has 0 aromatic carbocycles. The number of hydrogen-bond acceptors (Lipinski definition) is 4. The number of aliphatic hydroxyl groups is 1. The standard InChI is InChI=1S/C13H20N4O/c1-4-13(18,5-2)9-14-12-15-11-10(3)7-6-8-17(11)16-12/h6-8,18H,4-5,9H2,1-3H3,(H,14,16). The molecule has 0 aliphatic heterocycles. The predicted octanol–water partition coefficient (Wildman–Crippen LogP) is 2.00. The van der Waals surface area contributed by atoms with Gasteiger partial charge in [-0.3, -0.25) is 0 Å². The maximum absolute atomic E-state index is 10.2. The molecule has 2 aromatic rings. The third-order valence-electron chi connectivity index (χ3n) is 3.45. The van der Waals surface area contributed by atoms with Gasteiger partial charge < -0.3 is 10.4 Å². The fraction of sp³-hybridized carbons (Fsp3) is 0.538. The molecule has 5 nitrogen and oxygen atoms in total. The molecule has 0 aliphatic rings. The Bertz CT molecular complexity index is 531. The molecule has 0 saturated carbocycles. The van der Waals surface area contributed by atoms with Gasteiger partial charge in [-0.2, -0.15) is 4.98 Å². The van der Waals surface area contributed by atoms with E-state index in [-0.39, 0.29) is 0 Å². The first-order valence-corrected chi connectivity index (χ1v) is 6.36. The van der Waals surface area contributed by atoms with Crippen molar-refractivity contribution in [3.63, 3.8) is 0 Å². The van der Waals surface area contributed by atoms with Crippen molar-refractivity contribution in [2.45, 2.75) is 39.2 Å². The van der Waals surface area contributed by atoms with Crippen molar-refractivity contribution in [2.24, 2.45) is 0 Å². The molecule has 2 aromatic heterocycles. The lowest BCUT2D eigenvalue weighted by molar-refractivity contribution is 0.0455. The Labute approximate surface area is 107 Å². The van der Waals surface area contributed by atoms with Crippen LogP contribution >= 0.6 is 0 Å². The van der Waals surface area contributed by atoms with Crippen LogP contribution in [0.15, 0.2) is 18.3 Å². The van der Waals surface area contributed by atoms with Gasteiger partial charge in [0.15, 0.2) is 5.65 Å². The first kappa shape index (κ1) is 12.8. The van der Waals surface area contributed by atoms with Gasteiger partial charge in [-0.1, -0.05) is 19.9 Å². The topological polar surface area (TPSA) is 62.5 Å². The average molecular weight is 248 g/mol. The van der Waals surface area contributed by atoms with Crippen molar-refractivity contribution >= 4 is 11.6 Å². The van der Waals surface area contributed by atoms with Crippen molar-refractivity contribution in [2.75, 3.05) is 11.9 Å². The molecule has 0 amide bonds. The zero-order valence-electron chi connectivity index (χ0n) is 11.1. The van der Waals surface area contributed by atoms with Crippen LogP contribution in [-0.2, 0) is 0 Å². The monoisotopic (exact) mass is 248 g/mol. The molecule has 0 spiro atoms. The average Bonchev–Trinajstić information content (AvgIpc) is 2.81. The third-order valence-corrected chi connectivity index (χ3v) is 3.45. The van der Waals surface area contributed by atoms with E-state index in [9.17, 15) is 5.11 Å². The number of nitrogens with one attached hydrogen (secondary N) is 1. The third kappa shape index (κ3) is 2.46. The normalized spacial score (nSPS) is 12.0. The van der Waals surface area contributed by atoms with Crippen LogP contribution < -0.4 is 5.32 Å².